The van der Waals surface area contributed by atoms with Gasteiger partial charge in [0.2, 0.25) is 0 Å². The van der Waals surface area contributed by atoms with Gasteiger partial charge in [-0.1, -0.05) is 17.7 Å². The van der Waals surface area contributed by atoms with Gasteiger partial charge in [0.15, 0.2) is 12.4 Å². The lowest BCUT2D eigenvalue weighted by molar-refractivity contribution is -0.285. The summed E-state index contributed by atoms with van der Waals surface area (Å²) in [6.45, 7) is 4.51. The molecule has 1 N–H and O–H groups in total. The first-order valence-corrected chi connectivity index (χ1v) is 9.10. The third-order valence-corrected chi connectivity index (χ3v) is 5.17. The first-order chi connectivity index (χ1) is 11.7. The largest absolute Gasteiger partial charge is 0.454 e. The smallest absolute Gasteiger partial charge is 0.303 e. The highest BCUT2D eigenvalue weighted by molar-refractivity contribution is 7.86. The lowest BCUT2D eigenvalue weighted by Gasteiger charge is -2.41. The first kappa shape index (κ1) is 19.8. The van der Waals surface area contributed by atoms with Gasteiger partial charge >= 0.3 is 5.97 Å². The highest BCUT2D eigenvalue weighted by Gasteiger charge is 2.49. The Morgan fingerprint density at radius 1 is 1.20 bits per heavy atom. The van der Waals surface area contributed by atoms with Crippen molar-refractivity contribution in [1.29, 1.82) is 0 Å². The number of benzene rings is 1. The zero-order valence-electron chi connectivity index (χ0n) is 14.4. The van der Waals surface area contributed by atoms with Gasteiger partial charge in [0, 0.05) is 14.0 Å². The van der Waals surface area contributed by atoms with Crippen molar-refractivity contribution in [2.75, 3.05) is 7.11 Å². The topological polar surface area (TPSA) is 108 Å². The van der Waals surface area contributed by atoms with Gasteiger partial charge in [-0.25, -0.2) is 0 Å². The Balaban J connectivity index is 2.33. The predicted octanol–water partition coefficient (Wildman–Crippen LogP) is 0.753. The number of carbonyl (C=O) groups is 1. The molecule has 1 aliphatic rings. The lowest BCUT2D eigenvalue weighted by Crippen LogP contribution is -2.59. The molecule has 0 bridgehead atoms. The Labute approximate surface area is 146 Å². The molecule has 0 amide bonds. The summed E-state index contributed by atoms with van der Waals surface area (Å²) in [5.41, 5.74) is 0.885. The van der Waals surface area contributed by atoms with Crippen LogP contribution >= 0.6 is 0 Å². The molecule has 5 atom stereocenters. The number of rotatable bonds is 5. The molecule has 0 spiro atoms. The molecule has 1 saturated heterocycles. The third kappa shape index (κ3) is 4.56. The molecule has 1 heterocycles. The molecule has 1 aromatic carbocycles. The molecule has 1 unspecified atom stereocenters. The number of methoxy groups -OCH3 is 1. The first-order valence-electron chi connectivity index (χ1n) is 7.69. The second kappa shape index (κ2) is 7.79. The second-order valence-electron chi connectivity index (χ2n) is 5.84. The van der Waals surface area contributed by atoms with E-state index in [4.69, 9.17) is 18.4 Å². The summed E-state index contributed by atoms with van der Waals surface area (Å²) >= 11 is 0. The highest BCUT2D eigenvalue weighted by atomic mass is 32.2. The van der Waals surface area contributed by atoms with E-state index in [2.05, 4.69) is 0 Å². The highest BCUT2D eigenvalue weighted by Crippen LogP contribution is 2.29. The van der Waals surface area contributed by atoms with Gasteiger partial charge in [0.05, 0.1) is 11.0 Å². The van der Waals surface area contributed by atoms with E-state index in [9.17, 15) is 18.3 Å². The van der Waals surface area contributed by atoms with Gasteiger partial charge in [0.25, 0.3) is 10.1 Å². The standard InChI is InChI=1S/C16H22O8S/c1-9-5-7-12(8-6-9)25(19,20)24-14-13(18)10(2)22-16(21-4)15(14)23-11(3)17/h5-8,10,13-16,18H,1-4H3/t10-,13+,14+,15-,16?/m0/s1. The Kier molecular flexibility index (Phi) is 6.17. The fourth-order valence-electron chi connectivity index (χ4n) is 2.51. The maximum atomic E-state index is 12.5. The van der Waals surface area contributed by atoms with E-state index in [-0.39, 0.29) is 4.90 Å². The maximum absolute atomic E-state index is 12.5. The molecule has 0 saturated carbocycles. The van der Waals surface area contributed by atoms with Crippen LogP contribution in [0.25, 0.3) is 0 Å². The van der Waals surface area contributed by atoms with E-state index >= 15 is 0 Å². The van der Waals surface area contributed by atoms with Crippen LogP contribution in [0.5, 0.6) is 0 Å². The van der Waals surface area contributed by atoms with Crippen molar-refractivity contribution in [2.24, 2.45) is 0 Å². The zero-order valence-corrected chi connectivity index (χ0v) is 15.2. The van der Waals surface area contributed by atoms with Crippen LogP contribution in [-0.2, 0) is 33.3 Å². The predicted molar refractivity (Wildman–Crippen MR) is 86.1 cm³/mol. The zero-order chi connectivity index (χ0) is 18.8. The number of carbonyl (C=O) groups excluding carboxylic acids is 1. The van der Waals surface area contributed by atoms with Gasteiger partial charge < -0.3 is 19.3 Å². The molecule has 25 heavy (non-hydrogen) atoms. The van der Waals surface area contributed by atoms with Crippen molar-refractivity contribution in [3.05, 3.63) is 29.8 Å². The summed E-state index contributed by atoms with van der Waals surface area (Å²) in [5, 5.41) is 10.3. The second-order valence-corrected chi connectivity index (χ2v) is 7.41. The van der Waals surface area contributed by atoms with Crippen molar-refractivity contribution < 1.29 is 36.7 Å². The van der Waals surface area contributed by atoms with Crippen LogP contribution in [0, 0.1) is 6.92 Å². The summed E-state index contributed by atoms with van der Waals surface area (Å²) in [5.74, 6) is -0.682. The number of aliphatic hydroxyl groups is 1. The SMILES string of the molecule is COC1O[C@@H](C)[C@@H](O)[C@@H](OS(=O)(=O)c2ccc(C)cc2)[C@@H]1OC(C)=O. The molecular weight excluding hydrogens is 352 g/mol. The summed E-state index contributed by atoms with van der Waals surface area (Å²) in [6.07, 6.45) is -5.80. The Bertz CT molecular complexity index is 699. The minimum atomic E-state index is -4.20. The monoisotopic (exact) mass is 374 g/mol. The molecule has 1 aliphatic heterocycles. The fraction of sp³-hybridized carbons (Fsp3) is 0.562. The van der Waals surface area contributed by atoms with Gasteiger partial charge in [-0.2, -0.15) is 8.42 Å². The maximum Gasteiger partial charge on any atom is 0.303 e. The fourth-order valence-corrected chi connectivity index (χ4v) is 3.60. The number of esters is 1. The average molecular weight is 374 g/mol. The molecule has 2 rings (SSSR count). The van der Waals surface area contributed by atoms with E-state index in [1.54, 1.807) is 12.1 Å². The summed E-state index contributed by atoms with van der Waals surface area (Å²) in [7, 11) is -2.88. The third-order valence-electron chi connectivity index (χ3n) is 3.84. The molecule has 1 aromatic rings. The molecule has 1 fully saturated rings. The van der Waals surface area contributed by atoms with Gasteiger partial charge in [-0.3, -0.25) is 8.98 Å². The van der Waals surface area contributed by atoms with Gasteiger partial charge in [-0.05, 0) is 26.0 Å². The van der Waals surface area contributed by atoms with Crippen LogP contribution in [-0.4, -0.2) is 57.3 Å². The number of aryl methyl sites for hydroxylation is 1. The van der Waals surface area contributed by atoms with Crippen molar-refractivity contribution >= 4 is 16.1 Å². The minimum Gasteiger partial charge on any atom is -0.454 e. The van der Waals surface area contributed by atoms with E-state index < -0.39 is 46.8 Å². The summed E-state index contributed by atoms with van der Waals surface area (Å²) in [6, 6.07) is 6.05. The van der Waals surface area contributed by atoms with Crippen LogP contribution in [0.15, 0.2) is 29.2 Å². The normalized spacial score (nSPS) is 30.0. The van der Waals surface area contributed by atoms with Crippen molar-refractivity contribution in [2.45, 2.75) is 56.4 Å². The van der Waals surface area contributed by atoms with E-state index in [0.717, 1.165) is 12.5 Å². The minimum absolute atomic E-state index is 0.0695. The van der Waals surface area contributed by atoms with Crippen LogP contribution in [0.2, 0.25) is 0 Å². The Morgan fingerprint density at radius 3 is 2.32 bits per heavy atom. The van der Waals surface area contributed by atoms with Crippen molar-refractivity contribution in [3.63, 3.8) is 0 Å². The summed E-state index contributed by atoms with van der Waals surface area (Å²) < 4.78 is 45.9. The van der Waals surface area contributed by atoms with Crippen LogP contribution in [0.1, 0.15) is 19.4 Å². The molecule has 8 nitrogen and oxygen atoms in total. The quantitative estimate of drug-likeness (QED) is 0.594. The van der Waals surface area contributed by atoms with Crippen LogP contribution < -0.4 is 0 Å². The van der Waals surface area contributed by atoms with Gasteiger partial charge in [0.1, 0.15) is 12.2 Å². The molecule has 0 radical (unpaired) electrons. The molecule has 9 heteroatoms. The van der Waals surface area contributed by atoms with Gasteiger partial charge in [-0.15, -0.1) is 0 Å². The van der Waals surface area contributed by atoms with Crippen molar-refractivity contribution in [1.82, 2.24) is 0 Å². The lowest BCUT2D eigenvalue weighted by atomic mass is 10.00. The number of hydrogen-bond donors (Lipinski definition) is 1. The van der Waals surface area contributed by atoms with E-state index in [1.165, 1.54) is 26.2 Å². The van der Waals surface area contributed by atoms with E-state index in [1.807, 2.05) is 6.92 Å². The average Bonchev–Trinajstić information content (AvgIpc) is 2.54. The van der Waals surface area contributed by atoms with Crippen molar-refractivity contribution in [3.8, 4) is 0 Å². The number of ether oxygens (including phenoxy) is 3. The molecular formula is C16H22O8S. The number of aliphatic hydroxyl groups excluding tert-OH is 1. The molecule has 140 valence electrons. The Hall–Kier alpha value is -1.52. The molecule has 0 aliphatic carbocycles. The van der Waals surface area contributed by atoms with Crippen LogP contribution in [0.3, 0.4) is 0 Å². The van der Waals surface area contributed by atoms with Crippen LogP contribution in [0.4, 0.5) is 0 Å². The summed E-state index contributed by atoms with van der Waals surface area (Å²) in [4.78, 5) is 11.3. The number of hydrogen-bond acceptors (Lipinski definition) is 8. The Morgan fingerprint density at radius 2 is 1.80 bits per heavy atom. The van der Waals surface area contributed by atoms with E-state index in [0.29, 0.717) is 0 Å². The molecule has 0 aromatic heterocycles.